The number of anilines is 1. The fourth-order valence-corrected chi connectivity index (χ4v) is 3.23. The summed E-state index contributed by atoms with van der Waals surface area (Å²) in [5, 5.41) is 0. The highest BCUT2D eigenvalue weighted by Gasteiger charge is 2.25. The first-order chi connectivity index (χ1) is 13.0. The highest BCUT2D eigenvalue weighted by atomic mass is 16.5. The van der Waals surface area contributed by atoms with Crippen LogP contribution in [0.1, 0.15) is 48.6 Å². The van der Waals surface area contributed by atoms with Crippen molar-refractivity contribution in [2.45, 2.75) is 33.6 Å². The van der Waals surface area contributed by atoms with E-state index in [4.69, 9.17) is 9.72 Å². The molecule has 144 valence electrons. The van der Waals surface area contributed by atoms with Crippen molar-refractivity contribution in [1.82, 2.24) is 14.9 Å². The molecule has 0 radical (unpaired) electrons. The zero-order valence-electron chi connectivity index (χ0n) is 16.6. The number of aryl methyl sites for hydroxylation is 1. The van der Waals surface area contributed by atoms with Gasteiger partial charge < -0.3 is 14.5 Å². The smallest absolute Gasteiger partial charge is 0.257 e. The molecule has 0 atom stereocenters. The maximum Gasteiger partial charge on any atom is 0.257 e. The van der Waals surface area contributed by atoms with Crippen molar-refractivity contribution in [3.63, 3.8) is 0 Å². The second-order valence-corrected chi connectivity index (χ2v) is 7.09. The number of hydrogen-bond acceptors (Lipinski definition) is 5. The summed E-state index contributed by atoms with van der Waals surface area (Å²) in [5.41, 5.74) is 1.61. The molecule has 27 heavy (non-hydrogen) atoms. The zero-order valence-corrected chi connectivity index (χ0v) is 16.6. The van der Waals surface area contributed by atoms with Crippen LogP contribution in [0.4, 0.5) is 5.82 Å². The summed E-state index contributed by atoms with van der Waals surface area (Å²) in [6.45, 7) is 11.5. The van der Waals surface area contributed by atoms with Crippen molar-refractivity contribution in [1.29, 1.82) is 0 Å². The van der Waals surface area contributed by atoms with Crippen LogP contribution in [0.5, 0.6) is 5.75 Å². The summed E-state index contributed by atoms with van der Waals surface area (Å²) in [6.07, 6.45) is 0. The minimum absolute atomic E-state index is 0.0282. The van der Waals surface area contributed by atoms with Crippen molar-refractivity contribution in [2.75, 3.05) is 37.7 Å². The lowest BCUT2D eigenvalue weighted by molar-refractivity contribution is 0.0742. The number of rotatable bonds is 5. The van der Waals surface area contributed by atoms with Crippen LogP contribution in [-0.4, -0.2) is 53.6 Å². The Hall–Kier alpha value is -2.63. The highest BCUT2D eigenvalue weighted by molar-refractivity contribution is 5.97. The summed E-state index contributed by atoms with van der Waals surface area (Å²) in [4.78, 5) is 26.3. The summed E-state index contributed by atoms with van der Waals surface area (Å²) in [5.74, 6) is 2.80. The van der Waals surface area contributed by atoms with E-state index in [2.05, 4.69) is 23.7 Å². The molecule has 1 saturated heterocycles. The van der Waals surface area contributed by atoms with Gasteiger partial charge in [-0.2, -0.15) is 0 Å². The second kappa shape index (κ2) is 8.37. The SMILES string of the molecule is CCOc1ccccc1C(=O)N1CCN(c2cc(C)nc(C(C)C)n2)CC1. The normalized spacial score (nSPS) is 14.6. The van der Waals surface area contributed by atoms with Crippen LogP contribution in [0.15, 0.2) is 30.3 Å². The molecule has 0 unspecified atom stereocenters. The fraction of sp³-hybridized carbons (Fsp3) is 0.476. The Kier molecular flexibility index (Phi) is 5.94. The Morgan fingerprint density at radius 2 is 1.85 bits per heavy atom. The Labute approximate surface area is 161 Å². The van der Waals surface area contributed by atoms with Crippen molar-refractivity contribution >= 4 is 11.7 Å². The molecule has 6 heteroatoms. The van der Waals surface area contributed by atoms with Gasteiger partial charge in [0.2, 0.25) is 0 Å². The number of piperazine rings is 1. The summed E-state index contributed by atoms with van der Waals surface area (Å²) in [7, 11) is 0. The van der Waals surface area contributed by atoms with Crippen LogP contribution in [0, 0.1) is 6.92 Å². The molecule has 2 aromatic rings. The standard InChI is InChI=1S/C21H28N4O2/c1-5-27-18-9-7-6-8-17(18)21(26)25-12-10-24(11-13-25)19-14-16(4)22-20(23-19)15(2)3/h6-9,14-15H,5,10-13H2,1-4H3. The van der Waals surface area contributed by atoms with Gasteiger partial charge >= 0.3 is 0 Å². The summed E-state index contributed by atoms with van der Waals surface area (Å²) < 4.78 is 5.61. The predicted molar refractivity (Wildman–Crippen MR) is 107 cm³/mol. The minimum atomic E-state index is 0.0282. The van der Waals surface area contributed by atoms with Crippen LogP contribution < -0.4 is 9.64 Å². The van der Waals surface area contributed by atoms with Gasteiger partial charge in [0.1, 0.15) is 17.4 Å². The molecular formula is C21H28N4O2. The third-order valence-corrected chi connectivity index (χ3v) is 4.68. The highest BCUT2D eigenvalue weighted by Crippen LogP contribution is 2.22. The van der Waals surface area contributed by atoms with Gasteiger partial charge in [0.05, 0.1) is 12.2 Å². The van der Waals surface area contributed by atoms with Crippen LogP contribution in [-0.2, 0) is 0 Å². The number of aromatic nitrogens is 2. The number of hydrogen-bond donors (Lipinski definition) is 0. The number of ether oxygens (including phenoxy) is 1. The average Bonchev–Trinajstić information content (AvgIpc) is 2.68. The van der Waals surface area contributed by atoms with E-state index in [1.807, 2.05) is 49.1 Å². The first-order valence-corrected chi connectivity index (χ1v) is 9.61. The lowest BCUT2D eigenvalue weighted by Gasteiger charge is -2.36. The molecule has 1 amide bonds. The lowest BCUT2D eigenvalue weighted by Crippen LogP contribution is -2.49. The molecule has 1 aliphatic heterocycles. The van der Waals surface area contributed by atoms with E-state index in [1.165, 1.54) is 0 Å². The molecule has 1 fully saturated rings. The lowest BCUT2D eigenvalue weighted by atomic mass is 10.1. The van der Waals surface area contributed by atoms with Gasteiger partial charge in [-0.3, -0.25) is 4.79 Å². The molecule has 1 aromatic heterocycles. The van der Waals surface area contributed by atoms with Crippen molar-refractivity contribution in [2.24, 2.45) is 0 Å². The molecule has 1 aliphatic rings. The molecule has 3 rings (SSSR count). The van der Waals surface area contributed by atoms with Crippen LogP contribution in [0.3, 0.4) is 0 Å². The van der Waals surface area contributed by atoms with Gasteiger partial charge in [0.25, 0.3) is 5.91 Å². The summed E-state index contributed by atoms with van der Waals surface area (Å²) >= 11 is 0. The molecule has 0 spiro atoms. The van der Waals surface area contributed by atoms with E-state index in [-0.39, 0.29) is 5.91 Å². The van der Waals surface area contributed by atoms with Gasteiger partial charge in [-0.1, -0.05) is 26.0 Å². The maximum absolute atomic E-state index is 12.9. The van der Waals surface area contributed by atoms with Gasteiger partial charge in [-0.05, 0) is 26.0 Å². The Bertz CT molecular complexity index is 799. The van der Waals surface area contributed by atoms with Gasteiger partial charge in [0, 0.05) is 43.9 Å². The molecule has 6 nitrogen and oxygen atoms in total. The van der Waals surface area contributed by atoms with Crippen molar-refractivity contribution in [3.8, 4) is 5.75 Å². The Morgan fingerprint density at radius 1 is 1.15 bits per heavy atom. The van der Waals surface area contributed by atoms with Gasteiger partial charge in [-0.25, -0.2) is 9.97 Å². The van der Waals surface area contributed by atoms with Crippen LogP contribution >= 0.6 is 0 Å². The average molecular weight is 368 g/mol. The number of amides is 1. The zero-order chi connectivity index (χ0) is 19.4. The molecule has 2 heterocycles. The van der Waals surface area contributed by atoms with Crippen LogP contribution in [0.25, 0.3) is 0 Å². The molecule has 1 aromatic carbocycles. The third-order valence-electron chi connectivity index (χ3n) is 4.68. The molecule has 0 saturated carbocycles. The largest absolute Gasteiger partial charge is 0.493 e. The number of benzene rings is 1. The van der Waals surface area contributed by atoms with E-state index in [0.29, 0.717) is 36.9 Å². The van der Waals surface area contributed by atoms with E-state index < -0.39 is 0 Å². The predicted octanol–water partition coefficient (Wildman–Crippen LogP) is 3.27. The van der Waals surface area contributed by atoms with Crippen molar-refractivity contribution < 1.29 is 9.53 Å². The first-order valence-electron chi connectivity index (χ1n) is 9.61. The molecular weight excluding hydrogens is 340 g/mol. The fourth-order valence-electron chi connectivity index (χ4n) is 3.23. The van der Waals surface area contributed by atoms with Crippen LogP contribution in [0.2, 0.25) is 0 Å². The first kappa shape index (κ1) is 19.1. The topological polar surface area (TPSA) is 58.6 Å². The molecule has 0 aliphatic carbocycles. The molecule has 0 N–H and O–H groups in total. The molecule has 0 bridgehead atoms. The Morgan fingerprint density at radius 3 is 2.52 bits per heavy atom. The minimum Gasteiger partial charge on any atom is -0.493 e. The van der Waals surface area contributed by atoms with E-state index in [9.17, 15) is 4.79 Å². The van der Waals surface area contributed by atoms with Gasteiger partial charge in [0.15, 0.2) is 0 Å². The monoisotopic (exact) mass is 368 g/mol. The maximum atomic E-state index is 12.9. The summed E-state index contributed by atoms with van der Waals surface area (Å²) in [6, 6.07) is 9.48. The third kappa shape index (κ3) is 4.38. The van der Waals surface area contributed by atoms with Gasteiger partial charge in [-0.15, -0.1) is 0 Å². The quantitative estimate of drug-likeness (QED) is 0.811. The number of carbonyl (C=O) groups is 1. The van der Waals surface area contributed by atoms with Crippen molar-refractivity contribution in [3.05, 3.63) is 47.4 Å². The van der Waals surface area contributed by atoms with E-state index in [1.54, 1.807) is 0 Å². The van der Waals surface area contributed by atoms with E-state index >= 15 is 0 Å². The number of para-hydroxylation sites is 1. The number of carbonyl (C=O) groups excluding carboxylic acids is 1. The van der Waals surface area contributed by atoms with E-state index in [0.717, 1.165) is 30.4 Å². The second-order valence-electron chi connectivity index (χ2n) is 7.09. The number of nitrogens with zero attached hydrogens (tertiary/aromatic N) is 4. The Balaban J connectivity index is 1.70.